The van der Waals surface area contributed by atoms with Gasteiger partial charge in [-0.3, -0.25) is 9.78 Å². The fraction of sp³-hybridized carbons (Fsp3) is 0.350. The summed E-state index contributed by atoms with van der Waals surface area (Å²) in [5, 5.41) is 2.97. The van der Waals surface area contributed by atoms with Gasteiger partial charge in [0, 0.05) is 36.5 Å². The molecule has 2 amide bonds. The van der Waals surface area contributed by atoms with Gasteiger partial charge in [0.2, 0.25) is 0 Å². The standard InChI is InChI=1S/C20H22BrN3O3/c21-18-13-22-9-6-17(18)19(25)23-12-15-7-10-24(11-8-15)20(26)27-14-16-4-2-1-3-5-16/h1-6,9,13,15H,7-8,10-12,14H2,(H,23,25). The summed E-state index contributed by atoms with van der Waals surface area (Å²) in [7, 11) is 0. The number of hydrogen-bond donors (Lipinski definition) is 1. The van der Waals surface area contributed by atoms with Crippen molar-refractivity contribution in [2.24, 2.45) is 5.92 Å². The SMILES string of the molecule is O=C(NCC1CCN(C(=O)OCc2ccccc2)CC1)c1ccncc1Br. The Morgan fingerprint density at radius 2 is 1.93 bits per heavy atom. The van der Waals surface area contributed by atoms with E-state index in [0.29, 0.717) is 35.6 Å². The van der Waals surface area contributed by atoms with Gasteiger partial charge in [0.05, 0.1) is 5.56 Å². The predicted molar refractivity (Wildman–Crippen MR) is 105 cm³/mol. The average molecular weight is 432 g/mol. The van der Waals surface area contributed by atoms with Crippen LogP contribution in [-0.4, -0.2) is 41.5 Å². The van der Waals surface area contributed by atoms with Gasteiger partial charge in [-0.05, 0) is 46.3 Å². The topological polar surface area (TPSA) is 71.5 Å². The molecule has 6 nitrogen and oxygen atoms in total. The molecule has 2 heterocycles. The van der Waals surface area contributed by atoms with Crippen molar-refractivity contribution in [2.75, 3.05) is 19.6 Å². The molecule has 1 fully saturated rings. The first-order valence-corrected chi connectivity index (χ1v) is 9.76. The third kappa shape index (κ3) is 5.53. The first-order chi connectivity index (χ1) is 13.1. The van der Waals surface area contributed by atoms with Crippen LogP contribution >= 0.6 is 15.9 Å². The van der Waals surface area contributed by atoms with E-state index in [1.54, 1.807) is 23.4 Å². The molecular formula is C20H22BrN3O3. The molecule has 1 aromatic heterocycles. The number of likely N-dealkylation sites (tertiary alicyclic amines) is 1. The Balaban J connectivity index is 1.39. The van der Waals surface area contributed by atoms with Crippen LogP contribution in [0.15, 0.2) is 53.3 Å². The lowest BCUT2D eigenvalue weighted by Gasteiger charge is -2.31. The zero-order valence-electron chi connectivity index (χ0n) is 14.9. The van der Waals surface area contributed by atoms with Crippen LogP contribution in [0.4, 0.5) is 4.79 Å². The van der Waals surface area contributed by atoms with E-state index in [-0.39, 0.29) is 18.6 Å². The summed E-state index contributed by atoms with van der Waals surface area (Å²) < 4.78 is 6.06. The van der Waals surface area contributed by atoms with Crippen molar-refractivity contribution in [1.29, 1.82) is 0 Å². The number of nitrogens with one attached hydrogen (secondary N) is 1. The number of nitrogens with zero attached hydrogens (tertiary/aromatic N) is 2. The second kappa shape index (κ2) is 9.50. The summed E-state index contributed by atoms with van der Waals surface area (Å²) in [4.78, 5) is 30.1. The number of pyridine rings is 1. The molecule has 1 N–H and O–H groups in total. The van der Waals surface area contributed by atoms with Gasteiger partial charge in [0.1, 0.15) is 6.61 Å². The van der Waals surface area contributed by atoms with Crippen molar-refractivity contribution in [3.63, 3.8) is 0 Å². The van der Waals surface area contributed by atoms with Gasteiger partial charge in [-0.15, -0.1) is 0 Å². The molecule has 1 saturated heterocycles. The molecule has 1 aliphatic rings. The summed E-state index contributed by atoms with van der Waals surface area (Å²) in [6.45, 7) is 2.18. The fourth-order valence-corrected chi connectivity index (χ4v) is 3.45. The van der Waals surface area contributed by atoms with Gasteiger partial charge in [-0.25, -0.2) is 4.79 Å². The Kier molecular flexibility index (Phi) is 6.81. The Bertz CT molecular complexity index is 777. The minimum atomic E-state index is -0.276. The highest BCUT2D eigenvalue weighted by molar-refractivity contribution is 9.10. The lowest BCUT2D eigenvalue weighted by atomic mass is 9.97. The second-order valence-corrected chi connectivity index (χ2v) is 7.39. The monoisotopic (exact) mass is 431 g/mol. The Labute approximate surface area is 167 Å². The fourth-order valence-electron chi connectivity index (χ4n) is 3.02. The predicted octanol–water partition coefficient (Wildman–Crippen LogP) is 3.62. The summed E-state index contributed by atoms with van der Waals surface area (Å²) in [6.07, 6.45) is 4.62. The number of ether oxygens (including phenoxy) is 1. The van der Waals surface area contributed by atoms with E-state index < -0.39 is 0 Å². The third-order valence-electron chi connectivity index (χ3n) is 4.65. The van der Waals surface area contributed by atoms with E-state index >= 15 is 0 Å². The summed E-state index contributed by atoms with van der Waals surface area (Å²) in [5.74, 6) is 0.238. The quantitative estimate of drug-likeness (QED) is 0.784. The number of halogens is 1. The molecule has 2 aromatic rings. The van der Waals surface area contributed by atoms with Crippen molar-refractivity contribution in [2.45, 2.75) is 19.4 Å². The molecule has 0 radical (unpaired) electrons. The van der Waals surface area contributed by atoms with Gasteiger partial charge < -0.3 is 15.0 Å². The number of benzene rings is 1. The summed E-state index contributed by atoms with van der Waals surface area (Å²) >= 11 is 3.34. The van der Waals surface area contributed by atoms with E-state index in [1.807, 2.05) is 30.3 Å². The number of carbonyl (C=O) groups excluding carboxylic acids is 2. The number of aromatic nitrogens is 1. The van der Waals surface area contributed by atoms with Crippen LogP contribution in [0.25, 0.3) is 0 Å². The van der Waals surface area contributed by atoms with Crippen molar-refractivity contribution in [1.82, 2.24) is 15.2 Å². The highest BCUT2D eigenvalue weighted by Crippen LogP contribution is 2.19. The minimum absolute atomic E-state index is 0.117. The van der Waals surface area contributed by atoms with E-state index in [2.05, 4.69) is 26.2 Å². The molecular weight excluding hydrogens is 410 g/mol. The van der Waals surface area contributed by atoms with Gasteiger partial charge in [-0.1, -0.05) is 30.3 Å². The number of piperidine rings is 1. The molecule has 1 aliphatic heterocycles. The molecule has 0 atom stereocenters. The van der Waals surface area contributed by atoms with Crippen LogP contribution in [0.3, 0.4) is 0 Å². The summed E-state index contributed by atoms with van der Waals surface area (Å²) in [6, 6.07) is 11.3. The Morgan fingerprint density at radius 1 is 1.19 bits per heavy atom. The van der Waals surface area contributed by atoms with Crippen molar-refractivity contribution < 1.29 is 14.3 Å². The summed E-state index contributed by atoms with van der Waals surface area (Å²) in [5.41, 5.74) is 1.55. The first kappa shape index (κ1) is 19.4. The number of hydrogen-bond acceptors (Lipinski definition) is 4. The zero-order valence-corrected chi connectivity index (χ0v) is 16.5. The molecule has 3 rings (SSSR count). The molecule has 0 spiro atoms. The smallest absolute Gasteiger partial charge is 0.410 e. The van der Waals surface area contributed by atoms with Crippen molar-refractivity contribution in [3.05, 3.63) is 64.4 Å². The minimum Gasteiger partial charge on any atom is -0.445 e. The molecule has 0 saturated carbocycles. The maximum Gasteiger partial charge on any atom is 0.410 e. The second-order valence-electron chi connectivity index (χ2n) is 6.54. The van der Waals surface area contributed by atoms with Crippen LogP contribution in [-0.2, 0) is 11.3 Å². The lowest BCUT2D eigenvalue weighted by molar-refractivity contribution is 0.0800. The van der Waals surface area contributed by atoms with Gasteiger partial charge in [0.25, 0.3) is 5.91 Å². The Hall–Kier alpha value is -2.41. The third-order valence-corrected chi connectivity index (χ3v) is 5.28. The molecule has 0 aliphatic carbocycles. The van der Waals surface area contributed by atoms with E-state index in [1.165, 1.54) is 0 Å². The van der Waals surface area contributed by atoms with Crippen molar-refractivity contribution >= 4 is 27.9 Å². The van der Waals surface area contributed by atoms with Gasteiger partial charge in [0.15, 0.2) is 0 Å². The van der Waals surface area contributed by atoms with E-state index in [9.17, 15) is 9.59 Å². The number of rotatable bonds is 5. The lowest BCUT2D eigenvalue weighted by Crippen LogP contribution is -2.41. The van der Waals surface area contributed by atoms with Gasteiger partial charge >= 0.3 is 6.09 Å². The van der Waals surface area contributed by atoms with E-state index in [4.69, 9.17) is 4.74 Å². The van der Waals surface area contributed by atoms with Gasteiger partial charge in [-0.2, -0.15) is 0 Å². The average Bonchev–Trinajstić information content (AvgIpc) is 2.72. The molecule has 1 aromatic carbocycles. The van der Waals surface area contributed by atoms with Crippen LogP contribution < -0.4 is 5.32 Å². The number of carbonyl (C=O) groups is 2. The van der Waals surface area contributed by atoms with Crippen LogP contribution in [0.5, 0.6) is 0 Å². The maximum absolute atomic E-state index is 12.2. The van der Waals surface area contributed by atoms with Crippen LogP contribution in [0.1, 0.15) is 28.8 Å². The normalized spacial score (nSPS) is 14.6. The Morgan fingerprint density at radius 3 is 2.63 bits per heavy atom. The molecule has 0 unspecified atom stereocenters. The molecule has 142 valence electrons. The highest BCUT2D eigenvalue weighted by atomic mass is 79.9. The highest BCUT2D eigenvalue weighted by Gasteiger charge is 2.24. The van der Waals surface area contributed by atoms with E-state index in [0.717, 1.165) is 18.4 Å². The zero-order chi connectivity index (χ0) is 19.1. The molecule has 7 heteroatoms. The largest absolute Gasteiger partial charge is 0.445 e. The molecule has 27 heavy (non-hydrogen) atoms. The van der Waals surface area contributed by atoms with Crippen LogP contribution in [0, 0.1) is 5.92 Å². The maximum atomic E-state index is 12.2. The van der Waals surface area contributed by atoms with Crippen molar-refractivity contribution in [3.8, 4) is 0 Å². The first-order valence-electron chi connectivity index (χ1n) is 8.97. The molecule has 0 bridgehead atoms. The number of amides is 2. The van der Waals surface area contributed by atoms with Crippen LogP contribution in [0.2, 0.25) is 0 Å².